The number of fused-ring (bicyclic) bond motifs is 5. The minimum Gasteiger partial charge on any atom is -0.494 e. The SMILES string of the molecule is COc1ccc(-c2cc3c(ccc4c5c([nH]c43)CCNC5=O)cn2)cc1F. The van der Waals surface area contributed by atoms with E-state index in [4.69, 9.17) is 4.74 Å². The number of aromatic nitrogens is 2. The third kappa shape index (κ3) is 2.37. The van der Waals surface area contributed by atoms with Crippen LogP contribution in [0.3, 0.4) is 0 Å². The molecule has 5 rings (SSSR count). The molecule has 1 amide bonds. The largest absolute Gasteiger partial charge is 0.494 e. The molecule has 27 heavy (non-hydrogen) atoms. The van der Waals surface area contributed by atoms with Crippen molar-refractivity contribution in [1.29, 1.82) is 0 Å². The van der Waals surface area contributed by atoms with Gasteiger partial charge in [-0.25, -0.2) is 4.39 Å². The number of pyridine rings is 1. The summed E-state index contributed by atoms with van der Waals surface area (Å²) in [5.41, 5.74) is 3.91. The molecule has 0 aliphatic carbocycles. The van der Waals surface area contributed by atoms with E-state index in [9.17, 15) is 9.18 Å². The molecule has 0 saturated carbocycles. The number of ether oxygens (including phenoxy) is 1. The van der Waals surface area contributed by atoms with Gasteiger partial charge >= 0.3 is 0 Å². The zero-order valence-corrected chi connectivity index (χ0v) is 14.6. The second-order valence-corrected chi connectivity index (χ2v) is 6.61. The van der Waals surface area contributed by atoms with Crippen molar-refractivity contribution in [3.8, 4) is 17.0 Å². The highest BCUT2D eigenvalue weighted by Gasteiger charge is 2.23. The number of hydrogen-bond acceptors (Lipinski definition) is 3. The molecule has 0 fully saturated rings. The zero-order chi connectivity index (χ0) is 18.5. The fourth-order valence-electron chi connectivity index (χ4n) is 3.76. The van der Waals surface area contributed by atoms with Gasteiger partial charge in [-0.05, 0) is 24.3 Å². The molecule has 5 nitrogen and oxygen atoms in total. The first-order valence-electron chi connectivity index (χ1n) is 8.71. The zero-order valence-electron chi connectivity index (χ0n) is 14.6. The summed E-state index contributed by atoms with van der Waals surface area (Å²) in [4.78, 5) is 20.2. The molecule has 0 atom stereocenters. The maximum Gasteiger partial charge on any atom is 0.253 e. The first-order valence-corrected chi connectivity index (χ1v) is 8.71. The minimum absolute atomic E-state index is 0.0478. The van der Waals surface area contributed by atoms with Gasteiger partial charge < -0.3 is 15.0 Å². The number of rotatable bonds is 2. The van der Waals surface area contributed by atoms with E-state index in [1.807, 2.05) is 18.2 Å². The molecule has 0 bridgehead atoms. The number of halogens is 1. The van der Waals surface area contributed by atoms with Crippen LogP contribution in [0.15, 0.2) is 42.6 Å². The molecule has 0 spiro atoms. The van der Waals surface area contributed by atoms with E-state index in [0.717, 1.165) is 33.8 Å². The highest BCUT2D eigenvalue weighted by molar-refractivity contribution is 6.16. The Morgan fingerprint density at radius 1 is 1.15 bits per heavy atom. The lowest BCUT2D eigenvalue weighted by atomic mass is 10.0. The molecule has 134 valence electrons. The number of H-pyrrole nitrogens is 1. The van der Waals surface area contributed by atoms with Crippen molar-refractivity contribution < 1.29 is 13.9 Å². The Balaban J connectivity index is 1.74. The number of nitrogens with one attached hydrogen (secondary N) is 2. The van der Waals surface area contributed by atoms with Gasteiger partial charge in [0, 0.05) is 46.6 Å². The number of hydrogen-bond donors (Lipinski definition) is 2. The van der Waals surface area contributed by atoms with Crippen LogP contribution in [0.25, 0.3) is 32.9 Å². The van der Waals surface area contributed by atoms with Crippen LogP contribution >= 0.6 is 0 Å². The van der Waals surface area contributed by atoms with Crippen molar-refractivity contribution in [2.75, 3.05) is 13.7 Å². The summed E-state index contributed by atoms with van der Waals surface area (Å²) in [5.74, 6) is -0.277. The average molecular weight is 361 g/mol. The fourth-order valence-corrected chi connectivity index (χ4v) is 3.76. The first kappa shape index (κ1) is 15.8. The van der Waals surface area contributed by atoms with E-state index in [0.29, 0.717) is 23.4 Å². The third-order valence-corrected chi connectivity index (χ3v) is 5.09. The lowest BCUT2D eigenvalue weighted by molar-refractivity contribution is 0.0947. The smallest absolute Gasteiger partial charge is 0.253 e. The molecule has 2 aromatic carbocycles. The number of nitrogens with zero attached hydrogens (tertiary/aromatic N) is 1. The van der Waals surface area contributed by atoms with E-state index in [-0.39, 0.29) is 11.7 Å². The van der Waals surface area contributed by atoms with E-state index in [1.165, 1.54) is 13.2 Å². The Morgan fingerprint density at radius 3 is 2.85 bits per heavy atom. The van der Waals surface area contributed by atoms with Crippen molar-refractivity contribution in [2.45, 2.75) is 6.42 Å². The van der Waals surface area contributed by atoms with E-state index in [1.54, 1.807) is 18.3 Å². The summed E-state index contributed by atoms with van der Waals surface area (Å²) in [6, 6.07) is 10.6. The van der Waals surface area contributed by atoms with Gasteiger partial charge in [0.2, 0.25) is 0 Å². The Hall–Kier alpha value is -3.41. The molecule has 2 aromatic heterocycles. The van der Waals surface area contributed by atoms with Crippen LogP contribution in [-0.2, 0) is 6.42 Å². The summed E-state index contributed by atoms with van der Waals surface area (Å²) in [5, 5.41) is 5.70. The summed E-state index contributed by atoms with van der Waals surface area (Å²) in [6.45, 7) is 0.633. The van der Waals surface area contributed by atoms with Gasteiger partial charge in [-0.15, -0.1) is 0 Å². The average Bonchev–Trinajstić information content (AvgIpc) is 3.08. The maximum absolute atomic E-state index is 14.1. The van der Waals surface area contributed by atoms with Crippen molar-refractivity contribution >= 4 is 27.6 Å². The molecule has 2 N–H and O–H groups in total. The molecule has 3 heterocycles. The Bertz CT molecular complexity index is 1230. The van der Waals surface area contributed by atoms with Crippen LogP contribution < -0.4 is 10.1 Å². The lowest BCUT2D eigenvalue weighted by Gasteiger charge is -2.11. The predicted molar refractivity (Wildman–Crippen MR) is 102 cm³/mol. The highest BCUT2D eigenvalue weighted by atomic mass is 19.1. The van der Waals surface area contributed by atoms with Crippen LogP contribution in [0.4, 0.5) is 4.39 Å². The summed E-state index contributed by atoms with van der Waals surface area (Å²) < 4.78 is 19.1. The van der Waals surface area contributed by atoms with Gasteiger partial charge in [0.25, 0.3) is 5.91 Å². The molecule has 1 aliphatic rings. The van der Waals surface area contributed by atoms with E-state index >= 15 is 0 Å². The standard InChI is InChI=1S/C21H16FN3O2/c1-27-18-5-3-11(8-15(18)22)17-9-14-12(10-24-17)2-4-13-19-16(25-20(13)14)6-7-23-21(19)26/h2-5,8-10,25H,6-7H2,1H3,(H,23,26). The number of carbonyl (C=O) groups excluding carboxylic acids is 1. The van der Waals surface area contributed by atoms with E-state index in [2.05, 4.69) is 15.3 Å². The van der Waals surface area contributed by atoms with Crippen LogP contribution in [0.5, 0.6) is 5.75 Å². The minimum atomic E-state index is -0.429. The van der Waals surface area contributed by atoms with Gasteiger partial charge in [-0.3, -0.25) is 9.78 Å². The molecular weight excluding hydrogens is 345 g/mol. The second-order valence-electron chi connectivity index (χ2n) is 6.61. The van der Waals surface area contributed by atoms with Crippen molar-refractivity contribution in [2.24, 2.45) is 0 Å². The lowest BCUT2D eigenvalue weighted by Crippen LogP contribution is -2.31. The van der Waals surface area contributed by atoms with Crippen molar-refractivity contribution in [3.63, 3.8) is 0 Å². The molecule has 1 aliphatic heterocycles. The Kier molecular flexibility index (Phi) is 3.40. The maximum atomic E-state index is 14.1. The number of amides is 1. The Morgan fingerprint density at radius 2 is 2.04 bits per heavy atom. The van der Waals surface area contributed by atoms with Crippen LogP contribution in [-0.4, -0.2) is 29.5 Å². The van der Waals surface area contributed by atoms with E-state index < -0.39 is 5.82 Å². The molecular formula is C21H16FN3O2. The molecule has 0 unspecified atom stereocenters. The van der Waals surface area contributed by atoms with Crippen LogP contribution in [0, 0.1) is 5.82 Å². The number of methoxy groups -OCH3 is 1. The molecule has 4 aromatic rings. The topological polar surface area (TPSA) is 67.0 Å². The number of carbonyl (C=O) groups is 1. The summed E-state index contributed by atoms with van der Waals surface area (Å²) in [6.07, 6.45) is 2.55. The fraction of sp³-hybridized carbons (Fsp3) is 0.143. The number of benzene rings is 2. The Labute approximate surface area is 154 Å². The van der Waals surface area contributed by atoms with Crippen molar-refractivity contribution in [3.05, 3.63) is 59.7 Å². The van der Waals surface area contributed by atoms with Crippen LogP contribution in [0.1, 0.15) is 16.1 Å². The number of aromatic amines is 1. The summed E-state index contributed by atoms with van der Waals surface area (Å²) in [7, 11) is 1.44. The van der Waals surface area contributed by atoms with Gasteiger partial charge in [0.1, 0.15) is 0 Å². The van der Waals surface area contributed by atoms with Gasteiger partial charge in [0.15, 0.2) is 11.6 Å². The van der Waals surface area contributed by atoms with Crippen LogP contribution in [0.2, 0.25) is 0 Å². The summed E-state index contributed by atoms with van der Waals surface area (Å²) >= 11 is 0. The molecule has 6 heteroatoms. The monoisotopic (exact) mass is 361 g/mol. The highest BCUT2D eigenvalue weighted by Crippen LogP contribution is 2.33. The second kappa shape index (κ2) is 5.81. The van der Waals surface area contributed by atoms with Gasteiger partial charge in [-0.2, -0.15) is 0 Å². The first-order chi connectivity index (χ1) is 13.2. The van der Waals surface area contributed by atoms with Gasteiger partial charge in [-0.1, -0.05) is 12.1 Å². The molecule has 0 saturated heterocycles. The quantitative estimate of drug-likeness (QED) is 0.570. The van der Waals surface area contributed by atoms with Crippen molar-refractivity contribution in [1.82, 2.24) is 15.3 Å². The molecule has 0 radical (unpaired) electrons. The normalized spacial score (nSPS) is 13.6. The third-order valence-electron chi connectivity index (χ3n) is 5.09. The predicted octanol–water partition coefficient (Wildman–Crippen LogP) is 3.82. The van der Waals surface area contributed by atoms with Gasteiger partial charge in [0.05, 0.1) is 23.9 Å².